The highest BCUT2D eigenvalue weighted by molar-refractivity contribution is 6.33. The molecule has 0 aliphatic heterocycles. The molecule has 0 spiro atoms. The standard InChI is InChI=1S/C14H31B/c1-11(2)13(6,7)14(8,10-15-9)12(3,4)5/h11,15H,10H2,1-9H3. The van der Waals surface area contributed by atoms with E-state index in [0.29, 0.717) is 16.2 Å². The van der Waals surface area contributed by atoms with Crippen molar-refractivity contribution in [3.05, 3.63) is 0 Å². The predicted molar refractivity (Wildman–Crippen MR) is 74.0 cm³/mol. The van der Waals surface area contributed by atoms with E-state index in [2.05, 4.69) is 62.2 Å². The van der Waals surface area contributed by atoms with Gasteiger partial charge >= 0.3 is 0 Å². The van der Waals surface area contributed by atoms with Crippen molar-refractivity contribution in [2.75, 3.05) is 0 Å². The van der Waals surface area contributed by atoms with E-state index in [1.54, 1.807) is 0 Å². The van der Waals surface area contributed by atoms with Crippen molar-refractivity contribution >= 4 is 7.28 Å². The molecule has 0 saturated carbocycles. The Morgan fingerprint density at radius 1 is 0.933 bits per heavy atom. The molecule has 0 saturated heterocycles. The average Bonchev–Trinajstić information content (AvgIpc) is 2.01. The molecular weight excluding hydrogens is 179 g/mol. The van der Waals surface area contributed by atoms with Gasteiger partial charge in [-0.15, -0.1) is 0 Å². The van der Waals surface area contributed by atoms with Gasteiger partial charge in [0.2, 0.25) is 0 Å². The summed E-state index contributed by atoms with van der Waals surface area (Å²) in [5, 5.41) is 0. The first-order valence-corrected chi connectivity index (χ1v) is 6.50. The fourth-order valence-corrected chi connectivity index (χ4v) is 2.80. The van der Waals surface area contributed by atoms with E-state index in [1.165, 1.54) is 13.6 Å². The molecule has 0 amide bonds. The third-order valence-corrected chi connectivity index (χ3v) is 5.27. The normalized spacial score (nSPS) is 17.7. The first-order chi connectivity index (χ1) is 6.50. The number of hydrogen-bond donors (Lipinski definition) is 0. The molecule has 0 aliphatic rings. The highest BCUT2D eigenvalue weighted by Gasteiger charge is 2.49. The molecule has 0 fully saturated rings. The fourth-order valence-electron chi connectivity index (χ4n) is 2.80. The molecule has 90 valence electrons. The van der Waals surface area contributed by atoms with Gasteiger partial charge in [0.15, 0.2) is 0 Å². The second kappa shape index (κ2) is 4.51. The van der Waals surface area contributed by atoms with Crippen LogP contribution in [0.2, 0.25) is 13.1 Å². The van der Waals surface area contributed by atoms with Crippen molar-refractivity contribution in [2.24, 2.45) is 22.2 Å². The first-order valence-electron chi connectivity index (χ1n) is 6.50. The number of rotatable bonds is 4. The average molecular weight is 210 g/mol. The summed E-state index contributed by atoms with van der Waals surface area (Å²) in [6.45, 7) is 21.6. The van der Waals surface area contributed by atoms with Crippen LogP contribution in [0.5, 0.6) is 0 Å². The maximum absolute atomic E-state index is 2.48. The molecular formula is C14H31B. The molecule has 1 atom stereocenters. The first kappa shape index (κ1) is 15.1. The minimum atomic E-state index is 0.372. The van der Waals surface area contributed by atoms with Gasteiger partial charge in [-0.2, -0.15) is 0 Å². The lowest BCUT2D eigenvalue weighted by molar-refractivity contribution is -0.0385. The molecule has 0 aromatic carbocycles. The Balaban J connectivity index is 5.29. The van der Waals surface area contributed by atoms with Crippen LogP contribution in [0.3, 0.4) is 0 Å². The Bertz CT molecular complexity index is 198. The highest BCUT2D eigenvalue weighted by atomic mass is 14.5. The Morgan fingerprint density at radius 2 is 1.33 bits per heavy atom. The summed E-state index contributed by atoms with van der Waals surface area (Å²) >= 11 is 0. The summed E-state index contributed by atoms with van der Waals surface area (Å²) in [5.74, 6) is 0.730. The molecule has 15 heavy (non-hydrogen) atoms. The molecule has 1 heteroatoms. The van der Waals surface area contributed by atoms with Gasteiger partial charge in [-0.3, -0.25) is 0 Å². The lowest BCUT2D eigenvalue weighted by atomic mass is 9.45. The SMILES string of the molecule is CBCC(C)(C(C)(C)C)C(C)(C)C(C)C. The van der Waals surface area contributed by atoms with Gasteiger partial charge in [-0.1, -0.05) is 68.5 Å². The zero-order valence-corrected chi connectivity index (χ0v) is 12.5. The van der Waals surface area contributed by atoms with E-state index in [9.17, 15) is 0 Å². The van der Waals surface area contributed by atoms with Crippen LogP contribution >= 0.6 is 0 Å². The van der Waals surface area contributed by atoms with Crippen LogP contribution in [0.4, 0.5) is 0 Å². The zero-order valence-electron chi connectivity index (χ0n) is 12.5. The summed E-state index contributed by atoms with van der Waals surface area (Å²) in [6, 6.07) is 0. The van der Waals surface area contributed by atoms with Crippen LogP contribution in [0, 0.1) is 22.2 Å². The van der Waals surface area contributed by atoms with Gasteiger partial charge < -0.3 is 0 Å². The fraction of sp³-hybridized carbons (Fsp3) is 1.00. The second-order valence-electron chi connectivity index (χ2n) is 7.21. The van der Waals surface area contributed by atoms with Crippen LogP contribution in [-0.2, 0) is 0 Å². The zero-order chi connectivity index (χ0) is 12.5. The van der Waals surface area contributed by atoms with Crippen molar-refractivity contribution in [1.29, 1.82) is 0 Å². The van der Waals surface area contributed by atoms with Gasteiger partial charge in [0, 0.05) is 0 Å². The third-order valence-electron chi connectivity index (χ3n) is 5.27. The van der Waals surface area contributed by atoms with E-state index < -0.39 is 0 Å². The maximum atomic E-state index is 2.48. The van der Waals surface area contributed by atoms with Gasteiger partial charge in [-0.25, -0.2) is 0 Å². The van der Waals surface area contributed by atoms with Gasteiger partial charge in [0.05, 0.1) is 0 Å². The van der Waals surface area contributed by atoms with Crippen LogP contribution in [0.25, 0.3) is 0 Å². The van der Waals surface area contributed by atoms with Gasteiger partial charge in [0.1, 0.15) is 7.28 Å². The van der Waals surface area contributed by atoms with E-state index in [4.69, 9.17) is 0 Å². The minimum Gasteiger partial charge on any atom is -0.0893 e. The molecule has 0 aromatic heterocycles. The van der Waals surface area contributed by atoms with Crippen molar-refractivity contribution in [3.8, 4) is 0 Å². The van der Waals surface area contributed by atoms with Gasteiger partial charge in [-0.05, 0) is 22.2 Å². The van der Waals surface area contributed by atoms with Crippen LogP contribution in [0.1, 0.15) is 55.4 Å². The molecule has 1 unspecified atom stereocenters. The molecule has 0 heterocycles. The number of hydrogen-bond acceptors (Lipinski definition) is 0. The molecule has 0 nitrogen and oxygen atoms in total. The van der Waals surface area contributed by atoms with E-state index in [1.807, 2.05) is 0 Å². The molecule has 0 aliphatic carbocycles. The van der Waals surface area contributed by atoms with Crippen molar-refractivity contribution in [3.63, 3.8) is 0 Å². The van der Waals surface area contributed by atoms with Crippen LogP contribution in [0.15, 0.2) is 0 Å². The van der Waals surface area contributed by atoms with Gasteiger partial charge in [0.25, 0.3) is 0 Å². The molecule has 0 aromatic rings. The van der Waals surface area contributed by atoms with E-state index in [-0.39, 0.29) is 0 Å². The molecule has 0 radical (unpaired) electrons. The predicted octanol–water partition coefficient (Wildman–Crippen LogP) is 4.62. The van der Waals surface area contributed by atoms with Crippen molar-refractivity contribution < 1.29 is 0 Å². The minimum absolute atomic E-state index is 0.372. The topological polar surface area (TPSA) is 0 Å². The van der Waals surface area contributed by atoms with E-state index >= 15 is 0 Å². The van der Waals surface area contributed by atoms with Crippen molar-refractivity contribution in [2.45, 2.75) is 68.5 Å². The summed E-state index contributed by atoms with van der Waals surface area (Å²) in [7, 11) is 1.28. The summed E-state index contributed by atoms with van der Waals surface area (Å²) < 4.78 is 0. The Labute approximate surface area is 98.5 Å². The highest BCUT2D eigenvalue weighted by Crippen LogP contribution is 2.57. The quantitative estimate of drug-likeness (QED) is 0.594. The second-order valence-corrected chi connectivity index (χ2v) is 7.21. The third kappa shape index (κ3) is 2.60. The monoisotopic (exact) mass is 210 g/mol. The molecule has 0 rings (SSSR count). The maximum Gasteiger partial charge on any atom is 0.118 e. The van der Waals surface area contributed by atoms with Crippen LogP contribution < -0.4 is 0 Å². The lowest BCUT2D eigenvalue weighted by Crippen LogP contribution is -2.48. The largest absolute Gasteiger partial charge is 0.118 e. The Morgan fingerprint density at radius 3 is 1.53 bits per heavy atom. The van der Waals surface area contributed by atoms with Crippen LogP contribution in [-0.4, -0.2) is 7.28 Å². The Hall–Kier alpha value is 0.0649. The lowest BCUT2D eigenvalue weighted by Gasteiger charge is -2.55. The summed E-state index contributed by atoms with van der Waals surface area (Å²) in [5.41, 5.74) is 1.17. The summed E-state index contributed by atoms with van der Waals surface area (Å²) in [4.78, 5) is 0. The molecule has 0 N–H and O–H groups in total. The molecule has 0 bridgehead atoms. The van der Waals surface area contributed by atoms with E-state index in [0.717, 1.165) is 5.92 Å². The smallest absolute Gasteiger partial charge is 0.0893 e. The summed E-state index contributed by atoms with van der Waals surface area (Å²) in [6.07, 6.45) is 1.32. The van der Waals surface area contributed by atoms with Crippen molar-refractivity contribution in [1.82, 2.24) is 0 Å². The Kier molecular flexibility index (Phi) is 4.53.